The van der Waals surface area contributed by atoms with Crippen LogP contribution in [-0.2, 0) is 14.4 Å². The predicted octanol–water partition coefficient (Wildman–Crippen LogP) is 6.10. The number of rotatable bonds is 28. The number of unbranched alkanes of at least 4 members (excludes halogenated alkanes) is 18. The third-order valence-electron chi connectivity index (χ3n) is 7.07. The van der Waals surface area contributed by atoms with Gasteiger partial charge in [0.05, 0.1) is 12.5 Å². The topological polar surface area (TPSA) is 115 Å². The molecule has 216 valence electrons. The molecule has 0 saturated carbocycles. The van der Waals surface area contributed by atoms with E-state index in [0.29, 0.717) is 6.42 Å². The van der Waals surface area contributed by atoms with Gasteiger partial charge in [-0.05, 0) is 12.8 Å². The van der Waals surface area contributed by atoms with E-state index in [1.165, 1.54) is 109 Å². The number of carbonyl (C=O) groups excluding carboxylic acids is 1. The summed E-state index contributed by atoms with van der Waals surface area (Å²) in [6.07, 6.45) is 29.5. The molecule has 0 rings (SSSR count). The highest BCUT2D eigenvalue weighted by atomic mass is 16.4. The van der Waals surface area contributed by atoms with Crippen LogP contribution in [0, 0.1) is 0 Å². The molecule has 0 aliphatic heterocycles. The van der Waals surface area contributed by atoms with Crippen LogP contribution in [0.2, 0.25) is 0 Å². The molecule has 0 aliphatic rings. The van der Waals surface area contributed by atoms with E-state index in [1.54, 1.807) is 0 Å². The summed E-state index contributed by atoms with van der Waals surface area (Å²) in [7, 11) is 0. The van der Waals surface area contributed by atoms with Crippen LogP contribution in [-0.4, -0.2) is 58.8 Å². The third-order valence-corrected chi connectivity index (χ3v) is 7.07. The van der Waals surface area contributed by atoms with Gasteiger partial charge in [0, 0.05) is 6.42 Å². The van der Waals surface area contributed by atoms with Crippen LogP contribution in [0.15, 0.2) is 12.2 Å². The molecule has 7 heteroatoms. The molecule has 0 fully saturated rings. The van der Waals surface area contributed by atoms with Crippen LogP contribution in [0.1, 0.15) is 135 Å². The summed E-state index contributed by atoms with van der Waals surface area (Å²) in [5, 5.41) is 29.3. The van der Waals surface area contributed by atoms with E-state index in [2.05, 4.69) is 6.92 Å². The van der Waals surface area contributed by atoms with Crippen molar-refractivity contribution in [3.63, 3.8) is 0 Å². The summed E-state index contributed by atoms with van der Waals surface area (Å²) in [5.41, 5.74) is 0. The van der Waals surface area contributed by atoms with Crippen molar-refractivity contribution >= 4 is 17.9 Å². The van der Waals surface area contributed by atoms with Crippen molar-refractivity contribution in [1.29, 1.82) is 0 Å². The first kappa shape index (κ1) is 35.1. The monoisotopic (exact) mass is 525 g/mol. The molecule has 0 spiro atoms. The molecule has 0 aromatic carbocycles. The Morgan fingerprint density at radius 2 is 0.919 bits per heavy atom. The summed E-state index contributed by atoms with van der Waals surface area (Å²) < 4.78 is -0.545. The molecule has 0 saturated heterocycles. The Morgan fingerprint density at radius 3 is 1.27 bits per heavy atom. The molecular weight excluding hydrogens is 470 g/mol. The molecular formula is C30H55NO6. The van der Waals surface area contributed by atoms with Crippen LogP contribution >= 0.6 is 0 Å². The fourth-order valence-electron chi connectivity index (χ4n) is 5.00. The maximum atomic E-state index is 11.2. The van der Waals surface area contributed by atoms with Crippen molar-refractivity contribution in [3.05, 3.63) is 12.2 Å². The summed E-state index contributed by atoms with van der Waals surface area (Å²) in [5.74, 6) is -3.87. The second-order valence-electron chi connectivity index (χ2n) is 10.8. The van der Waals surface area contributed by atoms with Gasteiger partial charge in [-0.2, -0.15) is 0 Å². The Kier molecular flexibility index (Phi) is 23.2. The summed E-state index contributed by atoms with van der Waals surface area (Å²) in [6, 6.07) is 0. The number of aliphatic carboxylic acids is 3. The molecule has 0 aromatic heterocycles. The first-order valence-corrected chi connectivity index (χ1v) is 14.9. The van der Waals surface area contributed by atoms with Crippen molar-refractivity contribution < 1.29 is 34.2 Å². The molecule has 0 unspecified atom stereocenters. The van der Waals surface area contributed by atoms with E-state index in [4.69, 9.17) is 10.2 Å². The Hall–Kier alpha value is -1.89. The predicted molar refractivity (Wildman–Crippen MR) is 147 cm³/mol. The first-order valence-electron chi connectivity index (χ1n) is 14.9. The number of hydrogen-bond acceptors (Lipinski definition) is 4. The van der Waals surface area contributed by atoms with Gasteiger partial charge in [0.25, 0.3) is 0 Å². The standard InChI is InChI=1S/C30H55NO6/c1-2-3-4-5-6-7-8-9-10-11-12-13-14-15-16-17-18-19-20-21-22-23-24-31(25-28(32)33,26-29(34)35)27-30(36)37/h21-22H,2-20,23-27H2,1H3,(H2-,32,33,34,35,36,37)/b22-21+. The quantitative estimate of drug-likeness (QED) is 0.0724. The van der Waals surface area contributed by atoms with E-state index < -0.39 is 42.0 Å². The molecule has 0 aromatic rings. The lowest BCUT2D eigenvalue weighted by atomic mass is 10.0. The van der Waals surface area contributed by atoms with Crippen LogP contribution in [0.4, 0.5) is 0 Å². The van der Waals surface area contributed by atoms with Crippen molar-refractivity contribution in [3.8, 4) is 0 Å². The minimum atomic E-state index is -1.44. The van der Waals surface area contributed by atoms with Gasteiger partial charge in [0.1, 0.15) is 6.54 Å². The smallest absolute Gasteiger partial charge is 0.359 e. The van der Waals surface area contributed by atoms with E-state index in [-0.39, 0.29) is 6.54 Å². The first-order chi connectivity index (χ1) is 17.8. The minimum absolute atomic E-state index is 0.141. The molecule has 7 nitrogen and oxygen atoms in total. The average Bonchev–Trinajstić information content (AvgIpc) is 2.81. The molecule has 2 N–H and O–H groups in total. The van der Waals surface area contributed by atoms with Crippen molar-refractivity contribution in [2.75, 3.05) is 26.2 Å². The van der Waals surface area contributed by atoms with Gasteiger partial charge in [-0.25, -0.2) is 9.59 Å². The van der Waals surface area contributed by atoms with Gasteiger partial charge in [-0.3, -0.25) is 0 Å². The lowest BCUT2D eigenvalue weighted by molar-refractivity contribution is -0.908. The van der Waals surface area contributed by atoms with E-state index in [9.17, 15) is 19.5 Å². The van der Waals surface area contributed by atoms with E-state index in [0.717, 1.165) is 12.8 Å². The van der Waals surface area contributed by atoms with E-state index in [1.807, 2.05) is 12.2 Å². The zero-order valence-corrected chi connectivity index (χ0v) is 23.6. The molecule has 0 atom stereocenters. The molecule has 0 heterocycles. The van der Waals surface area contributed by atoms with Gasteiger partial charge < -0.3 is 24.6 Å². The average molecular weight is 526 g/mol. The van der Waals surface area contributed by atoms with Crippen molar-refractivity contribution in [1.82, 2.24) is 0 Å². The second-order valence-corrected chi connectivity index (χ2v) is 10.8. The molecule has 37 heavy (non-hydrogen) atoms. The normalized spacial score (nSPS) is 11.8. The highest BCUT2D eigenvalue weighted by Gasteiger charge is 2.33. The van der Waals surface area contributed by atoms with Gasteiger partial charge in [-0.15, -0.1) is 0 Å². The van der Waals surface area contributed by atoms with Crippen molar-refractivity contribution in [2.24, 2.45) is 0 Å². The lowest BCUT2D eigenvalue weighted by Gasteiger charge is -2.35. The largest absolute Gasteiger partial charge is 0.544 e. The Balaban J connectivity index is 3.69. The Bertz CT molecular complexity index is 578. The van der Waals surface area contributed by atoms with Gasteiger partial charge in [-0.1, -0.05) is 128 Å². The van der Waals surface area contributed by atoms with Crippen LogP contribution < -0.4 is 5.11 Å². The Morgan fingerprint density at radius 1 is 0.568 bits per heavy atom. The number of carboxylic acid groups (broad SMARTS) is 3. The number of hydrogen-bond donors (Lipinski definition) is 2. The molecule has 0 amide bonds. The maximum Gasteiger partial charge on any atom is 0.359 e. The second kappa shape index (κ2) is 24.4. The fourth-order valence-corrected chi connectivity index (χ4v) is 5.00. The summed E-state index contributed by atoms with van der Waals surface area (Å²) in [6.45, 7) is 0.694. The number of carbonyl (C=O) groups is 3. The third kappa shape index (κ3) is 24.2. The van der Waals surface area contributed by atoms with Gasteiger partial charge >= 0.3 is 11.9 Å². The van der Waals surface area contributed by atoms with Gasteiger partial charge in [0.15, 0.2) is 13.1 Å². The van der Waals surface area contributed by atoms with E-state index >= 15 is 0 Å². The highest BCUT2D eigenvalue weighted by Crippen LogP contribution is 2.15. The molecule has 0 aliphatic carbocycles. The molecule has 0 radical (unpaired) electrons. The number of quaternary nitrogens is 1. The van der Waals surface area contributed by atoms with Crippen molar-refractivity contribution in [2.45, 2.75) is 135 Å². The molecule has 0 bridgehead atoms. The fraction of sp³-hybridized carbons (Fsp3) is 0.833. The summed E-state index contributed by atoms with van der Waals surface area (Å²) >= 11 is 0. The minimum Gasteiger partial charge on any atom is -0.544 e. The number of allylic oxidation sites excluding steroid dienone is 1. The maximum absolute atomic E-state index is 11.2. The van der Waals surface area contributed by atoms with Crippen LogP contribution in [0.25, 0.3) is 0 Å². The lowest BCUT2D eigenvalue weighted by Crippen LogP contribution is -2.59. The zero-order chi connectivity index (χ0) is 27.6. The number of nitrogens with zero attached hydrogens (tertiary/aromatic N) is 1. The number of carboxylic acids is 3. The zero-order valence-electron chi connectivity index (χ0n) is 23.6. The van der Waals surface area contributed by atoms with Crippen LogP contribution in [0.5, 0.6) is 0 Å². The highest BCUT2D eigenvalue weighted by molar-refractivity contribution is 5.72. The summed E-state index contributed by atoms with van der Waals surface area (Å²) in [4.78, 5) is 33.4. The Labute approximate surface area is 225 Å². The van der Waals surface area contributed by atoms with Gasteiger partial charge in [0.2, 0.25) is 0 Å². The SMILES string of the molecule is CCCCCCCCCCCCCCCCCCCC/C=C/CC[N+](CC(=O)[O-])(CC(=O)O)CC(=O)O. The van der Waals surface area contributed by atoms with Crippen LogP contribution in [0.3, 0.4) is 0 Å².